The van der Waals surface area contributed by atoms with E-state index in [0.29, 0.717) is 61.6 Å². The van der Waals surface area contributed by atoms with Crippen molar-refractivity contribution in [1.29, 1.82) is 0 Å². The van der Waals surface area contributed by atoms with E-state index in [4.69, 9.17) is 0 Å². The number of Topliss-reactive ketones (excluding diaryl/α,β-unsaturated/α-hetero) is 2. The third-order valence-corrected chi connectivity index (χ3v) is 9.86. The first kappa shape index (κ1) is 24.9. The fourth-order valence-corrected chi connectivity index (χ4v) is 7.60. The van der Waals surface area contributed by atoms with Gasteiger partial charge in [-0.05, 0) is 42.8 Å². The van der Waals surface area contributed by atoms with E-state index in [1.54, 1.807) is 12.1 Å². The minimum atomic E-state index is -1.24. The van der Waals surface area contributed by atoms with Gasteiger partial charge in [0.15, 0.2) is 0 Å². The van der Waals surface area contributed by atoms with Crippen LogP contribution < -0.4 is 4.90 Å². The lowest BCUT2D eigenvalue weighted by atomic mass is 9.97. The second-order valence-corrected chi connectivity index (χ2v) is 11.7. The number of aliphatic hydroxyl groups excluding tert-OH is 1. The van der Waals surface area contributed by atoms with Crippen LogP contribution in [-0.2, 0) is 19.2 Å². The minimum Gasteiger partial charge on any atom is -0.481 e. The van der Waals surface area contributed by atoms with E-state index in [0.717, 1.165) is 10.0 Å². The van der Waals surface area contributed by atoms with Gasteiger partial charge in [-0.1, -0.05) is 0 Å². The van der Waals surface area contributed by atoms with Crippen LogP contribution in [0, 0.1) is 11.8 Å². The van der Waals surface area contributed by atoms with Gasteiger partial charge in [-0.3, -0.25) is 19.2 Å². The number of nitrogens with zero attached hydrogens (tertiary/aromatic N) is 2. The molecule has 0 spiro atoms. The van der Waals surface area contributed by atoms with Crippen molar-refractivity contribution >= 4 is 56.6 Å². The summed E-state index contributed by atoms with van der Waals surface area (Å²) in [5.74, 6) is -4.46. The summed E-state index contributed by atoms with van der Waals surface area (Å²) >= 11 is 2.70. The summed E-state index contributed by atoms with van der Waals surface area (Å²) in [6, 6.07) is 3.64. The van der Waals surface area contributed by atoms with Gasteiger partial charge in [-0.2, -0.15) is 0 Å². The summed E-state index contributed by atoms with van der Waals surface area (Å²) in [6.45, 7) is 2.42. The van der Waals surface area contributed by atoms with Crippen molar-refractivity contribution in [1.82, 2.24) is 0 Å². The number of thiophene rings is 1. The molecular formula is C25H27N2O7S2+. The fraction of sp³-hybridized carbons (Fsp3) is 0.480. The average Bonchev–Trinajstić information content (AvgIpc) is 3.59. The van der Waals surface area contributed by atoms with E-state index >= 15 is 0 Å². The Morgan fingerprint density at radius 1 is 0.944 bits per heavy atom. The molecule has 3 fully saturated rings. The molecule has 2 saturated heterocycles. The largest absolute Gasteiger partial charge is 0.481 e. The van der Waals surface area contributed by atoms with Crippen LogP contribution in [0.5, 0.6) is 0 Å². The van der Waals surface area contributed by atoms with Gasteiger partial charge in [0.05, 0.1) is 28.9 Å². The molecule has 36 heavy (non-hydrogen) atoms. The van der Waals surface area contributed by atoms with Crippen molar-refractivity contribution in [3.63, 3.8) is 0 Å². The molecule has 1 aromatic heterocycles. The molecule has 2 unspecified atom stereocenters. The second kappa shape index (κ2) is 9.95. The summed E-state index contributed by atoms with van der Waals surface area (Å²) < 4.78 is 2.08. The molecule has 1 aliphatic carbocycles. The molecule has 9 nitrogen and oxygen atoms in total. The van der Waals surface area contributed by atoms with Gasteiger partial charge in [-0.25, -0.2) is 4.58 Å². The highest BCUT2D eigenvalue weighted by molar-refractivity contribution is 8.18. The number of carbonyl (C=O) groups excluding carboxylic acids is 2. The number of aliphatic hydroxyl groups is 1. The first-order valence-corrected chi connectivity index (χ1v) is 13.7. The Bertz CT molecular complexity index is 1210. The Kier molecular flexibility index (Phi) is 6.88. The molecule has 11 heteroatoms. The van der Waals surface area contributed by atoms with Crippen LogP contribution in [-0.4, -0.2) is 80.7 Å². The highest BCUT2D eigenvalue weighted by Gasteiger charge is 2.48. The zero-order valence-electron chi connectivity index (χ0n) is 19.5. The Morgan fingerprint density at radius 2 is 1.58 bits per heavy atom. The zero-order chi connectivity index (χ0) is 25.6. The number of ketones is 2. The first-order chi connectivity index (χ1) is 17.2. The van der Waals surface area contributed by atoms with Gasteiger partial charge in [0, 0.05) is 47.4 Å². The maximum absolute atomic E-state index is 12.9. The summed E-state index contributed by atoms with van der Waals surface area (Å²) in [6.07, 6.45) is 4.58. The van der Waals surface area contributed by atoms with Crippen molar-refractivity contribution < 1.29 is 39.1 Å². The van der Waals surface area contributed by atoms with Crippen LogP contribution in [0.2, 0.25) is 0 Å². The normalized spacial score (nSPS) is 29.5. The van der Waals surface area contributed by atoms with E-state index in [1.807, 2.05) is 12.1 Å². The predicted molar refractivity (Wildman–Crippen MR) is 135 cm³/mol. The van der Waals surface area contributed by atoms with Crippen molar-refractivity contribution in [2.45, 2.75) is 37.7 Å². The average molecular weight is 532 g/mol. The van der Waals surface area contributed by atoms with Crippen molar-refractivity contribution in [3.05, 3.63) is 39.6 Å². The monoisotopic (exact) mass is 531 g/mol. The van der Waals surface area contributed by atoms with Gasteiger partial charge >= 0.3 is 11.9 Å². The van der Waals surface area contributed by atoms with Crippen molar-refractivity contribution in [2.75, 3.05) is 31.1 Å². The Balaban J connectivity index is 1.31. The molecule has 1 saturated carbocycles. The molecule has 4 aliphatic rings. The van der Waals surface area contributed by atoms with Crippen LogP contribution in [0.25, 0.3) is 0 Å². The summed E-state index contributed by atoms with van der Waals surface area (Å²) in [5.41, 5.74) is 0.124. The number of thioether (sulfide) groups is 1. The number of aliphatic carboxylic acids is 2. The number of piperidine rings is 2. The minimum absolute atomic E-state index is 0.124. The van der Waals surface area contributed by atoms with Crippen LogP contribution in [0.15, 0.2) is 34.8 Å². The van der Waals surface area contributed by atoms with Gasteiger partial charge in [0.2, 0.25) is 16.6 Å². The number of hydrogen-bond acceptors (Lipinski definition) is 8. The zero-order valence-corrected chi connectivity index (χ0v) is 21.1. The SMILES string of the molecule is O=C1C(=O)C(c2ccc(N3CCC(C(=O)O)CC3)s2)C(O)C1=C1C=CC(=[N+]2CCC(C(=O)O)CC2)S1. The van der Waals surface area contributed by atoms with Gasteiger partial charge in [0.25, 0.3) is 0 Å². The number of hydrogen-bond donors (Lipinski definition) is 3. The van der Waals surface area contributed by atoms with Crippen molar-refractivity contribution in [3.8, 4) is 0 Å². The molecule has 190 valence electrons. The van der Waals surface area contributed by atoms with Crippen LogP contribution in [0.1, 0.15) is 36.5 Å². The smallest absolute Gasteiger partial charge is 0.306 e. The molecule has 3 N–H and O–H groups in total. The topological polar surface area (TPSA) is 135 Å². The number of rotatable bonds is 4. The van der Waals surface area contributed by atoms with Crippen LogP contribution >= 0.6 is 23.1 Å². The lowest BCUT2D eigenvalue weighted by Gasteiger charge is -2.30. The number of carboxylic acids is 2. The molecule has 0 amide bonds. The van der Waals surface area contributed by atoms with E-state index < -0.39 is 35.5 Å². The molecule has 5 rings (SSSR count). The number of allylic oxidation sites excluding steroid dienone is 1. The van der Waals surface area contributed by atoms with Crippen LogP contribution in [0.4, 0.5) is 5.00 Å². The fourth-order valence-electron chi connectivity index (χ4n) is 5.28. The first-order valence-electron chi connectivity index (χ1n) is 12.0. The molecule has 0 radical (unpaired) electrons. The molecule has 0 bridgehead atoms. The van der Waals surface area contributed by atoms with Crippen LogP contribution in [0.3, 0.4) is 0 Å². The highest BCUT2D eigenvalue weighted by atomic mass is 32.2. The summed E-state index contributed by atoms with van der Waals surface area (Å²) in [5, 5.41) is 31.3. The lowest BCUT2D eigenvalue weighted by Crippen LogP contribution is -2.35. The molecule has 4 heterocycles. The molecule has 3 aliphatic heterocycles. The molecule has 0 aromatic carbocycles. The van der Waals surface area contributed by atoms with E-state index in [2.05, 4.69) is 9.48 Å². The summed E-state index contributed by atoms with van der Waals surface area (Å²) in [4.78, 5) is 51.6. The Labute approximate surface area is 215 Å². The second-order valence-electron chi connectivity index (χ2n) is 9.54. The standard InChI is InChI=1S/C25H26N2O7S2/c28-21-19(15-1-3-17(35-15)26-9-5-13(6-10-26)24(31)32)22(29)23(30)20(21)16-2-4-18(36-16)27-11-7-14(8-12-27)25(33)34/h1-4,13-14,19,21,28H,5-12H2,(H-,31,32,33,34)/p+1. The Hall–Kier alpha value is -2.76. The summed E-state index contributed by atoms with van der Waals surface area (Å²) in [7, 11) is 0. The number of anilines is 1. The van der Waals surface area contributed by atoms with Gasteiger partial charge < -0.3 is 20.2 Å². The maximum Gasteiger partial charge on any atom is 0.306 e. The quantitative estimate of drug-likeness (QED) is 0.303. The molecule has 1 aromatic rings. The van der Waals surface area contributed by atoms with E-state index in [9.17, 15) is 34.5 Å². The Morgan fingerprint density at radius 3 is 2.22 bits per heavy atom. The third kappa shape index (κ3) is 4.55. The lowest BCUT2D eigenvalue weighted by molar-refractivity contribution is -0.536. The number of carbonyl (C=O) groups is 4. The third-order valence-electron chi connectivity index (χ3n) is 7.45. The molecule has 2 atom stereocenters. The highest BCUT2D eigenvalue weighted by Crippen LogP contribution is 2.43. The van der Waals surface area contributed by atoms with Gasteiger partial charge in [0.1, 0.15) is 13.1 Å². The molecular weight excluding hydrogens is 504 g/mol. The van der Waals surface area contributed by atoms with Gasteiger partial charge in [-0.15, -0.1) is 11.3 Å². The van der Waals surface area contributed by atoms with Crippen molar-refractivity contribution in [2.24, 2.45) is 11.8 Å². The predicted octanol–water partition coefficient (Wildman–Crippen LogP) is 2.11. The number of carboxylic acid groups (broad SMARTS) is 2. The van der Waals surface area contributed by atoms with E-state index in [-0.39, 0.29) is 17.4 Å². The maximum atomic E-state index is 12.9. The van der Waals surface area contributed by atoms with E-state index in [1.165, 1.54) is 23.1 Å².